The Morgan fingerprint density at radius 1 is 1.06 bits per heavy atom. The molecular weight excluding hydrogens is 404 g/mol. The monoisotopic (exact) mass is 425 g/mol. The van der Waals surface area contributed by atoms with Crippen LogP contribution in [0.25, 0.3) is 16.7 Å². The zero-order valence-electron chi connectivity index (χ0n) is 16.7. The lowest BCUT2D eigenvalue weighted by Crippen LogP contribution is -2.38. The van der Waals surface area contributed by atoms with Crippen LogP contribution in [0.2, 0.25) is 0 Å². The summed E-state index contributed by atoms with van der Waals surface area (Å²) in [7, 11) is 0. The second kappa shape index (κ2) is 8.29. The van der Waals surface area contributed by atoms with Crippen LogP contribution in [0.4, 0.5) is 14.6 Å². The van der Waals surface area contributed by atoms with Gasteiger partial charge in [-0.1, -0.05) is 6.07 Å². The Morgan fingerprint density at radius 2 is 1.90 bits per heavy atom. The molecule has 160 valence electrons. The molecule has 0 saturated carbocycles. The lowest BCUT2D eigenvalue weighted by Gasteiger charge is -2.33. The highest BCUT2D eigenvalue weighted by Crippen LogP contribution is 2.30. The predicted molar refractivity (Wildman–Crippen MR) is 111 cm³/mol. The number of halogens is 2. The van der Waals surface area contributed by atoms with E-state index in [0.717, 1.165) is 48.4 Å². The molecule has 5 rings (SSSR count). The molecule has 1 fully saturated rings. The molecule has 0 atom stereocenters. The van der Waals surface area contributed by atoms with Crippen molar-refractivity contribution in [2.45, 2.75) is 31.9 Å². The molecule has 4 heterocycles. The first-order valence-electron chi connectivity index (χ1n) is 10.1. The van der Waals surface area contributed by atoms with Crippen LogP contribution >= 0.6 is 0 Å². The molecule has 8 nitrogen and oxygen atoms in total. The number of rotatable bonds is 6. The lowest BCUT2D eigenvalue weighted by molar-refractivity contribution is 0.128. The number of hydrogen-bond donors (Lipinski definition) is 0. The van der Waals surface area contributed by atoms with E-state index in [1.165, 1.54) is 6.33 Å². The first-order chi connectivity index (χ1) is 15.2. The number of ether oxygens (including phenoxy) is 1. The zero-order valence-corrected chi connectivity index (χ0v) is 16.7. The minimum atomic E-state index is -2.39. The van der Waals surface area contributed by atoms with Gasteiger partial charge in [0.05, 0.1) is 24.5 Å². The average molecular weight is 425 g/mol. The zero-order chi connectivity index (χ0) is 21.2. The Hall–Kier alpha value is -3.56. The molecule has 1 aliphatic heterocycles. The molecule has 0 unspecified atom stereocenters. The molecule has 0 spiro atoms. The second-order valence-corrected chi connectivity index (χ2v) is 7.43. The van der Waals surface area contributed by atoms with Crippen LogP contribution in [0, 0.1) is 0 Å². The van der Waals surface area contributed by atoms with E-state index in [1.807, 2.05) is 24.3 Å². The van der Waals surface area contributed by atoms with Crippen LogP contribution in [0.3, 0.4) is 0 Å². The second-order valence-electron chi connectivity index (χ2n) is 7.43. The number of hydrogen-bond acceptors (Lipinski definition) is 6. The Labute approximate surface area is 177 Å². The molecule has 0 bridgehead atoms. The highest BCUT2D eigenvalue weighted by atomic mass is 19.3. The number of nitrogens with zero attached hydrogens (tertiary/aromatic N) is 7. The number of piperidine rings is 1. The van der Waals surface area contributed by atoms with Crippen LogP contribution in [0.15, 0.2) is 55.5 Å². The quantitative estimate of drug-likeness (QED) is 0.472. The Morgan fingerprint density at radius 3 is 2.68 bits per heavy atom. The maximum Gasteiger partial charge on any atom is 0.256 e. The minimum Gasteiger partial charge on any atom is -0.490 e. The van der Waals surface area contributed by atoms with Crippen molar-refractivity contribution in [1.29, 1.82) is 0 Å². The van der Waals surface area contributed by atoms with Crippen LogP contribution in [0.1, 0.15) is 12.8 Å². The fraction of sp³-hybridized carbons (Fsp3) is 0.333. The summed E-state index contributed by atoms with van der Waals surface area (Å²) in [4.78, 5) is 15.0. The highest BCUT2D eigenvalue weighted by Gasteiger charge is 2.23. The SMILES string of the molecule is FC(F)Cn1ccc2c(OC3CCN(c4cncc(-n5cncn5)n4)CC3)cccc21. The van der Waals surface area contributed by atoms with E-state index in [4.69, 9.17) is 4.74 Å². The van der Waals surface area contributed by atoms with Crippen molar-refractivity contribution in [3.05, 3.63) is 55.5 Å². The molecule has 0 radical (unpaired) electrons. The van der Waals surface area contributed by atoms with Gasteiger partial charge in [-0.05, 0) is 18.2 Å². The van der Waals surface area contributed by atoms with E-state index in [-0.39, 0.29) is 12.6 Å². The van der Waals surface area contributed by atoms with E-state index in [1.54, 1.807) is 34.2 Å². The molecule has 31 heavy (non-hydrogen) atoms. The minimum absolute atomic E-state index is 0.0479. The number of alkyl halides is 2. The van der Waals surface area contributed by atoms with Gasteiger partial charge in [0.1, 0.15) is 30.3 Å². The van der Waals surface area contributed by atoms with Gasteiger partial charge in [0.25, 0.3) is 6.43 Å². The summed E-state index contributed by atoms with van der Waals surface area (Å²) in [6.45, 7) is 1.24. The summed E-state index contributed by atoms with van der Waals surface area (Å²) in [5, 5.41) is 4.95. The molecule has 1 aliphatic rings. The third kappa shape index (κ3) is 4.05. The third-order valence-corrected chi connectivity index (χ3v) is 5.43. The summed E-state index contributed by atoms with van der Waals surface area (Å²) < 4.78 is 35.0. The van der Waals surface area contributed by atoms with Gasteiger partial charge in [-0.2, -0.15) is 5.10 Å². The molecule has 0 aliphatic carbocycles. The number of anilines is 1. The predicted octanol–water partition coefficient (Wildman–Crippen LogP) is 3.32. The van der Waals surface area contributed by atoms with E-state index in [0.29, 0.717) is 5.82 Å². The van der Waals surface area contributed by atoms with E-state index >= 15 is 0 Å². The van der Waals surface area contributed by atoms with Crippen molar-refractivity contribution in [2.24, 2.45) is 0 Å². The van der Waals surface area contributed by atoms with Gasteiger partial charge in [-0.15, -0.1) is 0 Å². The fourth-order valence-electron chi connectivity index (χ4n) is 3.92. The fourth-order valence-corrected chi connectivity index (χ4v) is 3.92. The number of fused-ring (bicyclic) bond motifs is 1. The molecule has 10 heteroatoms. The summed E-state index contributed by atoms with van der Waals surface area (Å²) in [5.41, 5.74) is 0.760. The van der Waals surface area contributed by atoms with E-state index < -0.39 is 6.43 Å². The van der Waals surface area contributed by atoms with Crippen LogP contribution in [-0.4, -0.2) is 54.9 Å². The molecule has 4 aromatic rings. The van der Waals surface area contributed by atoms with Crippen molar-refractivity contribution < 1.29 is 13.5 Å². The van der Waals surface area contributed by atoms with Crippen molar-refractivity contribution in [2.75, 3.05) is 18.0 Å². The molecule has 3 aromatic heterocycles. The normalized spacial score (nSPS) is 15.1. The van der Waals surface area contributed by atoms with Crippen LogP contribution in [-0.2, 0) is 6.54 Å². The number of benzene rings is 1. The first-order valence-corrected chi connectivity index (χ1v) is 10.1. The number of aromatic nitrogens is 6. The maximum atomic E-state index is 12.8. The molecule has 0 N–H and O–H groups in total. The smallest absolute Gasteiger partial charge is 0.256 e. The van der Waals surface area contributed by atoms with Crippen LogP contribution < -0.4 is 9.64 Å². The molecular formula is C21H21F2N7O. The van der Waals surface area contributed by atoms with E-state index in [2.05, 4.69) is 25.0 Å². The first kappa shape index (κ1) is 19.4. The Bertz CT molecular complexity index is 1150. The highest BCUT2D eigenvalue weighted by molar-refractivity contribution is 5.86. The van der Waals surface area contributed by atoms with Crippen molar-refractivity contribution >= 4 is 16.7 Å². The van der Waals surface area contributed by atoms with Gasteiger partial charge in [0.2, 0.25) is 0 Å². The molecule has 1 saturated heterocycles. The van der Waals surface area contributed by atoms with Gasteiger partial charge >= 0.3 is 0 Å². The summed E-state index contributed by atoms with van der Waals surface area (Å²) in [6, 6.07) is 7.43. The van der Waals surface area contributed by atoms with Gasteiger partial charge in [-0.3, -0.25) is 4.98 Å². The van der Waals surface area contributed by atoms with Gasteiger partial charge in [0, 0.05) is 37.5 Å². The Balaban J connectivity index is 1.26. The Kier molecular flexibility index (Phi) is 5.19. The lowest BCUT2D eigenvalue weighted by atomic mass is 10.1. The largest absolute Gasteiger partial charge is 0.490 e. The topological polar surface area (TPSA) is 73.9 Å². The van der Waals surface area contributed by atoms with Crippen molar-refractivity contribution in [3.8, 4) is 11.6 Å². The summed E-state index contributed by atoms with van der Waals surface area (Å²) in [6.07, 6.45) is 7.42. The standard InChI is InChI=1S/C21H21F2N7O/c22-19(23)12-29-9-6-16-17(29)2-1-3-18(16)31-15-4-7-28(8-5-15)20-10-24-11-21(27-20)30-14-25-13-26-30/h1-3,6,9-11,13-15,19H,4-5,7-8,12H2. The van der Waals surface area contributed by atoms with Crippen LogP contribution in [0.5, 0.6) is 5.75 Å². The maximum absolute atomic E-state index is 12.8. The molecule has 1 aromatic carbocycles. The van der Waals surface area contributed by atoms with Gasteiger partial charge < -0.3 is 14.2 Å². The third-order valence-electron chi connectivity index (χ3n) is 5.43. The summed E-state index contributed by atoms with van der Waals surface area (Å²) >= 11 is 0. The van der Waals surface area contributed by atoms with Gasteiger partial charge in [-0.25, -0.2) is 23.4 Å². The van der Waals surface area contributed by atoms with Crippen molar-refractivity contribution in [3.63, 3.8) is 0 Å². The van der Waals surface area contributed by atoms with Gasteiger partial charge in [0.15, 0.2) is 5.82 Å². The average Bonchev–Trinajstić information content (AvgIpc) is 3.46. The van der Waals surface area contributed by atoms with E-state index in [9.17, 15) is 8.78 Å². The molecule has 0 amide bonds. The summed E-state index contributed by atoms with van der Waals surface area (Å²) in [5.74, 6) is 2.14. The van der Waals surface area contributed by atoms with Crippen molar-refractivity contribution in [1.82, 2.24) is 29.3 Å².